The van der Waals surface area contributed by atoms with Crippen LogP contribution in [0, 0.1) is 11.8 Å². The SMILES string of the molecule is C=CCn1c(SCC(=O)N[C@@H]2CCC[C@H](C)[C@@H]2C)nnc1-c1cccnc1. The maximum absolute atomic E-state index is 12.5. The molecule has 1 fully saturated rings. The van der Waals surface area contributed by atoms with E-state index in [4.69, 9.17) is 0 Å². The zero-order valence-electron chi connectivity index (χ0n) is 16.0. The van der Waals surface area contributed by atoms with Crippen LogP contribution in [0.4, 0.5) is 0 Å². The van der Waals surface area contributed by atoms with Crippen molar-refractivity contribution in [2.75, 3.05) is 5.75 Å². The molecule has 1 amide bonds. The molecule has 1 aliphatic carbocycles. The average Bonchev–Trinajstić information content (AvgIpc) is 3.07. The summed E-state index contributed by atoms with van der Waals surface area (Å²) in [5.74, 6) is 2.31. The first kappa shape index (κ1) is 19.6. The van der Waals surface area contributed by atoms with E-state index in [0.717, 1.165) is 17.8 Å². The number of aromatic nitrogens is 4. The van der Waals surface area contributed by atoms with Gasteiger partial charge in [0, 0.05) is 30.5 Å². The monoisotopic (exact) mass is 385 g/mol. The lowest BCUT2D eigenvalue weighted by Gasteiger charge is -2.34. The van der Waals surface area contributed by atoms with Crippen LogP contribution in [0.1, 0.15) is 33.1 Å². The predicted molar refractivity (Wildman–Crippen MR) is 108 cm³/mol. The normalized spacial score (nSPS) is 22.4. The van der Waals surface area contributed by atoms with Crippen molar-refractivity contribution in [2.24, 2.45) is 11.8 Å². The number of rotatable bonds is 7. The number of hydrogen-bond donors (Lipinski definition) is 1. The van der Waals surface area contributed by atoms with E-state index >= 15 is 0 Å². The van der Waals surface area contributed by atoms with Crippen LogP contribution in [0.3, 0.4) is 0 Å². The molecule has 0 radical (unpaired) electrons. The summed E-state index contributed by atoms with van der Waals surface area (Å²) in [5, 5.41) is 12.5. The molecule has 3 atom stereocenters. The fourth-order valence-electron chi connectivity index (χ4n) is 3.56. The van der Waals surface area contributed by atoms with Crippen molar-refractivity contribution in [1.82, 2.24) is 25.1 Å². The Kier molecular flexibility index (Phi) is 6.66. The van der Waals surface area contributed by atoms with Gasteiger partial charge in [0.05, 0.1) is 5.75 Å². The van der Waals surface area contributed by atoms with Gasteiger partial charge in [-0.25, -0.2) is 0 Å². The lowest BCUT2D eigenvalue weighted by molar-refractivity contribution is -0.120. The molecule has 7 heteroatoms. The summed E-state index contributed by atoms with van der Waals surface area (Å²) in [6, 6.07) is 4.09. The molecule has 2 aromatic heterocycles. The van der Waals surface area contributed by atoms with Crippen LogP contribution in [-0.4, -0.2) is 37.5 Å². The molecule has 1 aliphatic rings. The first-order valence-corrected chi connectivity index (χ1v) is 10.5. The fourth-order valence-corrected chi connectivity index (χ4v) is 4.32. The molecule has 0 aromatic carbocycles. The van der Waals surface area contributed by atoms with Gasteiger partial charge in [-0.05, 0) is 30.4 Å². The van der Waals surface area contributed by atoms with E-state index in [0.29, 0.717) is 29.3 Å². The topological polar surface area (TPSA) is 72.7 Å². The van der Waals surface area contributed by atoms with E-state index in [1.165, 1.54) is 24.6 Å². The van der Waals surface area contributed by atoms with Crippen LogP contribution in [0.5, 0.6) is 0 Å². The first-order valence-electron chi connectivity index (χ1n) is 9.46. The average molecular weight is 386 g/mol. The number of thioether (sulfide) groups is 1. The fraction of sp³-hybridized carbons (Fsp3) is 0.500. The molecule has 0 saturated heterocycles. The molecule has 0 unspecified atom stereocenters. The number of carbonyl (C=O) groups is 1. The maximum atomic E-state index is 12.5. The standard InChI is InChI=1S/C20H27N5OS/c1-4-11-25-19(16-8-6-10-21-12-16)23-24-20(25)27-13-18(26)22-17-9-5-7-14(2)15(17)3/h4,6,8,10,12,14-15,17H,1,5,7,9,11,13H2,2-3H3,(H,22,26)/t14-,15-,17+/m0/s1. The predicted octanol–water partition coefficient (Wildman–Crippen LogP) is 3.56. The molecule has 1 saturated carbocycles. The summed E-state index contributed by atoms with van der Waals surface area (Å²) < 4.78 is 1.97. The van der Waals surface area contributed by atoms with Gasteiger partial charge in [-0.15, -0.1) is 16.8 Å². The van der Waals surface area contributed by atoms with Crippen LogP contribution in [0.15, 0.2) is 42.3 Å². The molecule has 0 aliphatic heterocycles. The second-order valence-electron chi connectivity index (χ2n) is 7.18. The van der Waals surface area contributed by atoms with Gasteiger partial charge in [-0.3, -0.25) is 14.3 Å². The van der Waals surface area contributed by atoms with Gasteiger partial charge < -0.3 is 5.32 Å². The summed E-state index contributed by atoms with van der Waals surface area (Å²) in [5.41, 5.74) is 0.896. The maximum Gasteiger partial charge on any atom is 0.230 e. The van der Waals surface area contributed by atoms with E-state index in [1.54, 1.807) is 18.5 Å². The van der Waals surface area contributed by atoms with Crippen molar-refractivity contribution in [3.05, 3.63) is 37.2 Å². The molecule has 3 rings (SSSR count). The summed E-state index contributed by atoms with van der Waals surface area (Å²) in [4.78, 5) is 16.6. The Bertz CT molecular complexity index is 776. The molecular weight excluding hydrogens is 358 g/mol. The van der Waals surface area contributed by atoms with Crippen LogP contribution < -0.4 is 5.32 Å². The van der Waals surface area contributed by atoms with Gasteiger partial charge in [0.15, 0.2) is 11.0 Å². The Morgan fingerprint density at radius 3 is 3.00 bits per heavy atom. The Morgan fingerprint density at radius 2 is 2.26 bits per heavy atom. The van der Waals surface area contributed by atoms with Crippen LogP contribution in [-0.2, 0) is 11.3 Å². The first-order chi connectivity index (χ1) is 13.1. The second kappa shape index (κ2) is 9.17. The minimum atomic E-state index is 0.0574. The highest BCUT2D eigenvalue weighted by atomic mass is 32.2. The lowest BCUT2D eigenvalue weighted by Crippen LogP contribution is -2.44. The molecular formula is C20H27N5OS. The van der Waals surface area contributed by atoms with Gasteiger partial charge in [0.25, 0.3) is 0 Å². The smallest absolute Gasteiger partial charge is 0.230 e. The van der Waals surface area contributed by atoms with Gasteiger partial charge in [0.2, 0.25) is 5.91 Å². The highest BCUT2D eigenvalue weighted by Gasteiger charge is 2.28. The van der Waals surface area contributed by atoms with Crippen molar-refractivity contribution in [2.45, 2.75) is 50.9 Å². The highest BCUT2D eigenvalue weighted by molar-refractivity contribution is 7.99. The van der Waals surface area contributed by atoms with E-state index in [9.17, 15) is 4.79 Å². The number of nitrogens with zero attached hydrogens (tertiary/aromatic N) is 4. The molecule has 0 spiro atoms. The Labute approximate surface area is 164 Å². The van der Waals surface area contributed by atoms with E-state index in [2.05, 4.69) is 40.9 Å². The van der Waals surface area contributed by atoms with Crippen molar-refractivity contribution in [3.8, 4) is 11.4 Å². The summed E-state index contributed by atoms with van der Waals surface area (Å²) in [6.45, 7) is 8.91. The van der Waals surface area contributed by atoms with Crippen molar-refractivity contribution in [1.29, 1.82) is 0 Å². The molecule has 0 bridgehead atoms. The summed E-state index contributed by atoms with van der Waals surface area (Å²) in [7, 11) is 0. The van der Waals surface area contributed by atoms with Crippen LogP contribution in [0.2, 0.25) is 0 Å². The van der Waals surface area contributed by atoms with E-state index < -0.39 is 0 Å². The molecule has 2 heterocycles. The van der Waals surface area contributed by atoms with Gasteiger partial charge in [0.1, 0.15) is 0 Å². The Balaban J connectivity index is 1.64. The van der Waals surface area contributed by atoms with Crippen LogP contribution >= 0.6 is 11.8 Å². The van der Waals surface area contributed by atoms with Crippen molar-refractivity contribution in [3.63, 3.8) is 0 Å². The van der Waals surface area contributed by atoms with Gasteiger partial charge in [-0.1, -0.05) is 44.5 Å². The zero-order chi connectivity index (χ0) is 19.2. The minimum Gasteiger partial charge on any atom is -0.352 e. The summed E-state index contributed by atoms with van der Waals surface area (Å²) in [6.07, 6.45) is 8.80. The minimum absolute atomic E-state index is 0.0574. The van der Waals surface area contributed by atoms with Gasteiger partial charge in [-0.2, -0.15) is 0 Å². The third kappa shape index (κ3) is 4.77. The van der Waals surface area contributed by atoms with Crippen molar-refractivity contribution < 1.29 is 4.79 Å². The van der Waals surface area contributed by atoms with Crippen molar-refractivity contribution >= 4 is 17.7 Å². The third-order valence-corrected chi connectivity index (χ3v) is 6.30. The number of hydrogen-bond acceptors (Lipinski definition) is 5. The number of nitrogens with one attached hydrogen (secondary N) is 1. The highest BCUT2D eigenvalue weighted by Crippen LogP contribution is 2.30. The lowest BCUT2D eigenvalue weighted by atomic mass is 9.78. The quantitative estimate of drug-likeness (QED) is 0.583. The Hall–Kier alpha value is -2.15. The van der Waals surface area contributed by atoms with E-state index in [-0.39, 0.29) is 11.9 Å². The molecule has 27 heavy (non-hydrogen) atoms. The third-order valence-electron chi connectivity index (χ3n) is 5.33. The van der Waals surface area contributed by atoms with E-state index in [1.807, 2.05) is 16.7 Å². The van der Waals surface area contributed by atoms with Crippen LogP contribution in [0.25, 0.3) is 11.4 Å². The number of allylic oxidation sites excluding steroid dienone is 1. The second-order valence-corrected chi connectivity index (χ2v) is 8.12. The zero-order valence-corrected chi connectivity index (χ0v) is 16.8. The number of pyridine rings is 1. The number of amides is 1. The molecule has 6 nitrogen and oxygen atoms in total. The summed E-state index contributed by atoms with van der Waals surface area (Å²) >= 11 is 1.41. The van der Waals surface area contributed by atoms with Gasteiger partial charge >= 0.3 is 0 Å². The molecule has 144 valence electrons. The number of carbonyl (C=O) groups excluding carboxylic acids is 1. The largest absolute Gasteiger partial charge is 0.352 e. The molecule has 1 N–H and O–H groups in total. The molecule has 2 aromatic rings. The Morgan fingerprint density at radius 1 is 1.41 bits per heavy atom.